The summed E-state index contributed by atoms with van der Waals surface area (Å²) in [5.74, 6) is 5.32. The number of carbonyl (C=O) groups is 1. The molecular weight excluding hydrogens is 779 g/mol. The van der Waals surface area contributed by atoms with Gasteiger partial charge in [-0.05, 0) is 137 Å². The molecule has 4 aromatic carbocycles. The van der Waals surface area contributed by atoms with Crippen LogP contribution in [0.5, 0.6) is 17.2 Å². The lowest BCUT2D eigenvalue weighted by atomic mass is 9.77. The number of aliphatic hydroxyl groups excluding tert-OH is 2. The van der Waals surface area contributed by atoms with E-state index in [1.807, 2.05) is 48.5 Å². The summed E-state index contributed by atoms with van der Waals surface area (Å²) in [5, 5.41) is 37.3. The second-order valence-electron chi connectivity index (χ2n) is 16.7. The minimum atomic E-state index is -0.538. The summed E-state index contributed by atoms with van der Waals surface area (Å²) in [6.45, 7) is 2.48. The number of unbranched alkanes of at least 4 members (excludes halogenated alkanes) is 1. The molecule has 0 saturated heterocycles. The third-order valence-corrected chi connectivity index (χ3v) is 12.4. The summed E-state index contributed by atoms with van der Waals surface area (Å²) >= 11 is 0. The van der Waals surface area contributed by atoms with E-state index in [9.17, 15) is 20.1 Å². The van der Waals surface area contributed by atoms with Crippen LogP contribution in [-0.2, 0) is 35.4 Å². The minimum Gasteiger partial charge on any atom is -0.508 e. The number of phenols is 1. The fourth-order valence-corrected chi connectivity index (χ4v) is 9.03. The zero-order chi connectivity index (χ0) is 43.6. The highest BCUT2D eigenvalue weighted by Crippen LogP contribution is 2.42. The van der Waals surface area contributed by atoms with Crippen LogP contribution in [0.1, 0.15) is 97.6 Å². The number of allylic oxidation sites excluding steroid dienone is 4. The number of aliphatic hydroxyl groups is 2. The molecule has 4 aromatic rings. The van der Waals surface area contributed by atoms with Gasteiger partial charge in [0.1, 0.15) is 36.1 Å². The molecule has 2 aliphatic carbocycles. The zero-order valence-corrected chi connectivity index (χ0v) is 36.1. The van der Waals surface area contributed by atoms with Crippen LogP contribution in [0.15, 0.2) is 95.2 Å². The molecule has 0 amide bonds. The van der Waals surface area contributed by atoms with Crippen LogP contribution in [0.4, 0.5) is 5.69 Å². The number of hydrogen-bond donors (Lipinski definition) is 5. The minimum absolute atomic E-state index is 0.0417. The highest BCUT2D eigenvalue weighted by molar-refractivity contribution is 6.00. The van der Waals surface area contributed by atoms with E-state index >= 15 is 0 Å². The largest absolute Gasteiger partial charge is 0.508 e. The summed E-state index contributed by atoms with van der Waals surface area (Å²) in [4.78, 5) is 17.8. The molecule has 62 heavy (non-hydrogen) atoms. The molecule has 0 fully saturated rings. The third-order valence-electron chi connectivity index (χ3n) is 12.4. The number of nitrogens with one attached hydrogen (secondary N) is 1. The smallest absolute Gasteiger partial charge is 0.192 e. The van der Waals surface area contributed by atoms with E-state index < -0.39 is 6.10 Å². The molecule has 0 radical (unpaired) electrons. The van der Waals surface area contributed by atoms with Crippen LogP contribution >= 0.6 is 0 Å². The standard InChI is InChI=1S/C52H59N3O7/c1-33-15-20-43-38-18-21-45-44(48(59)31-46(33)51(43)45)14-8-24-61-42(30-41(57)19-16-35-17-22-49(60-3)50(26-35)62-32-38)28-39-29-47(58)37(12-7-23-56)27-36(39)11-5-4-9-34-10-6-13-40(25-34)55-52(53)54-2/h6,10,13,15,17-18,20-22,25-27,29,31,33,36,39,42,56,58-59H,4-5,7,9,11-12,14,16,19,23,28,30,32H2,1-3H3,(H3,53,54,55). The molecule has 2 aliphatic heterocycles. The fraction of sp³-hybridized carbons (Fsp3) is 0.385. The van der Waals surface area contributed by atoms with E-state index in [2.05, 4.69) is 65.7 Å². The molecule has 324 valence electrons. The molecule has 6 bridgehead atoms. The molecule has 4 atom stereocenters. The number of phenolic OH excluding ortho intramolecular Hbond substituents is 1. The number of hydrogen-bond acceptors (Lipinski definition) is 8. The van der Waals surface area contributed by atoms with Crippen molar-refractivity contribution < 1.29 is 34.3 Å². The lowest BCUT2D eigenvalue weighted by Gasteiger charge is -2.30. The number of rotatable bonds is 12. The Hall–Kier alpha value is -6.18. The van der Waals surface area contributed by atoms with Gasteiger partial charge >= 0.3 is 0 Å². The number of anilines is 1. The van der Waals surface area contributed by atoms with Gasteiger partial charge in [0.05, 0.1) is 7.11 Å². The summed E-state index contributed by atoms with van der Waals surface area (Å²) in [7, 11) is 3.27. The number of Topliss-reactive ketones (excluding diaryl/α,β-unsaturated/α-hetero) is 1. The van der Waals surface area contributed by atoms with Gasteiger partial charge in [0.2, 0.25) is 0 Å². The first-order valence-electron chi connectivity index (χ1n) is 21.9. The molecule has 4 aliphatic rings. The monoisotopic (exact) mass is 837 g/mol. The number of aryl methyl sites for hydroxylation is 2. The van der Waals surface area contributed by atoms with E-state index in [0.717, 1.165) is 75.5 Å². The molecule has 6 N–H and O–H groups in total. The second kappa shape index (κ2) is 20.6. The maximum absolute atomic E-state index is 13.8. The molecule has 2 heterocycles. The molecule has 8 rings (SSSR count). The Morgan fingerprint density at radius 1 is 1.02 bits per heavy atom. The number of guanidine groups is 1. The van der Waals surface area contributed by atoms with Gasteiger partial charge in [-0.15, -0.1) is 0 Å². The van der Waals surface area contributed by atoms with Crippen molar-refractivity contribution in [1.82, 2.24) is 0 Å². The number of nitrogens with two attached hydrogens (primary N) is 1. The average molecular weight is 838 g/mol. The van der Waals surface area contributed by atoms with Crippen LogP contribution in [0.25, 0.3) is 16.8 Å². The number of nitrogens with zero attached hydrogens (tertiary/aromatic N) is 1. The van der Waals surface area contributed by atoms with Gasteiger partial charge in [-0.2, -0.15) is 0 Å². The van der Waals surface area contributed by atoms with Gasteiger partial charge in [-0.3, -0.25) is 9.79 Å². The van der Waals surface area contributed by atoms with Gasteiger partial charge in [0, 0.05) is 50.1 Å². The number of aromatic hydroxyl groups is 1. The average Bonchev–Trinajstić information content (AvgIpc) is 3.27. The summed E-state index contributed by atoms with van der Waals surface area (Å²) in [6, 6.07) is 19.9. The molecule has 10 nitrogen and oxygen atoms in total. The zero-order valence-electron chi connectivity index (χ0n) is 36.1. The Labute approximate surface area is 365 Å². The van der Waals surface area contributed by atoms with E-state index in [0.29, 0.717) is 56.2 Å². The van der Waals surface area contributed by atoms with Crippen molar-refractivity contribution in [1.29, 1.82) is 0 Å². The lowest BCUT2D eigenvalue weighted by Crippen LogP contribution is -2.25. The van der Waals surface area contributed by atoms with Crippen LogP contribution in [-0.4, -0.2) is 53.9 Å². The van der Waals surface area contributed by atoms with Crippen molar-refractivity contribution in [2.45, 2.75) is 96.2 Å². The van der Waals surface area contributed by atoms with Crippen molar-refractivity contribution in [3.8, 4) is 29.3 Å². The Morgan fingerprint density at radius 3 is 2.71 bits per heavy atom. The summed E-state index contributed by atoms with van der Waals surface area (Å²) in [5.41, 5.74) is 13.6. The van der Waals surface area contributed by atoms with Crippen LogP contribution in [0.2, 0.25) is 0 Å². The quantitative estimate of drug-likeness (QED) is 0.0406. The van der Waals surface area contributed by atoms with Gasteiger partial charge < -0.3 is 40.6 Å². The number of fused-ring (bicyclic) bond motifs is 9. The number of aliphatic imine (C=N–C) groups is 1. The van der Waals surface area contributed by atoms with E-state index in [1.54, 1.807) is 14.2 Å². The van der Waals surface area contributed by atoms with Gasteiger partial charge in [0.15, 0.2) is 17.5 Å². The molecule has 0 saturated carbocycles. The summed E-state index contributed by atoms with van der Waals surface area (Å²) in [6.07, 6.45) is 17.3. The third kappa shape index (κ3) is 10.6. The van der Waals surface area contributed by atoms with Gasteiger partial charge in [0.25, 0.3) is 0 Å². The fourth-order valence-electron chi connectivity index (χ4n) is 9.03. The number of carbonyl (C=O) groups excluding carboxylic acids is 1. The van der Waals surface area contributed by atoms with E-state index in [4.69, 9.17) is 19.9 Å². The normalized spacial score (nSPS) is 20.2. The van der Waals surface area contributed by atoms with Gasteiger partial charge in [-0.25, -0.2) is 0 Å². The van der Waals surface area contributed by atoms with Crippen molar-refractivity contribution >= 4 is 34.3 Å². The van der Waals surface area contributed by atoms with Crippen molar-refractivity contribution in [2.75, 3.05) is 26.1 Å². The summed E-state index contributed by atoms with van der Waals surface area (Å²) < 4.78 is 18.4. The Kier molecular flexibility index (Phi) is 14.6. The molecule has 4 unspecified atom stereocenters. The molecular formula is C52H59N3O7. The maximum Gasteiger partial charge on any atom is 0.192 e. The van der Waals surface area contributed by atoms with Crippen LogP contribution < -0.4 is 20.5 Å². The highest BCUT2D eigenvalue weighted by Gasteiger charge is 2.29. The molecule has 10 heteroatoms. The number of methoxy groups -OCH3 is 1. The number of ketones is 1. The van der Waals surface area contributed by atoms with Crippen molar-refractivity contribution in [3.05, 3.63) is 124 Å². The van der Waals surface area contributed by atoms with E-state index in [1.165, 1.54) is 5.56 Å². The predicted octanol–water partition coefficient (Wildman–Crippen LogP) is 9.60. The molecule has 0 spiro atoms. The number of benzene rings is 4. The Morgan fingerprint density at radius 2 is 1.89 bits per heavy atom. The molecule has 0 aromatic heterocycles. The number of ether oxygens (including phenoxy) is 3. The van der Waals surface area contributed by atoms with Gasteiger partial charge in [-0.1, -0.05) is 67.8 Å². The van der Waals surface area contributed by atoms with E-state index in [-0.39, 0.29) is 54.5 Å². The van der Waals surface area contributed by atoms with Crippen molar-refractivity contribution in [3.63, 3.8) is 0 Å². The lowest BCUT2D eigenvalue weighted by molar-refractivity contribution is -0.121. The first-order chi connectivity index (χ1) is 30.1. The van der Waals surface area contributed by atoms with Crippen molar-refractivity contribution in [2.24, 2.45) is 22.6 Å². The maximum atomic E-state index is 13.8. The Bertz CT molecular complexity index is 2460. The predicted molar refractivity (Wildman–Crippen MR) is 247 cm³/mol. The van der Waals surface area contributed by atoms with Crippen LogP contribution in [0, 0.1) is 23.9 Å². The highest BCUT2D eigenvalue weighted by atomic mass is 16.5. The first kappa shape index (κ1) is 43.9. The second-order valence-corrected chi connectivity index (χ2v) is 16.7. The van der Waals surface area contributed by atoms with Crippen LogP contribution in [0.3, 0.4) is 0 Å². The Balaban J connectivity index is 1.15. The topological polar surface area (TPSA) is 156 Å². The first-order valence-corrected chi connectivity index (χ1v) is 21.9. The SMILES string of the molecule is CN=C(N)Nc1cccc(CCCCC2C=C(CCCO)C(O)=CC2CC2CC(=O)CCc3ccc(OC)c(c3)OCc3ccc4c(c(O)cc5c4c3C=CC5C)CC#CO2)c1.